The Kier molecular flexibility index (Phi) is 4.82. The van der Waals surface area contributed by atoms with Crippen LogP contribution in [0.5, 0.6) is 0 Å². The predicted molar refractivity (Wildman–Crippen MR) is 34.8 cm³/mol. The second-order valence-electron chi connectivity index (χ2n) is 1.51. The van der Waals surface area contributed by atoms with Gasteiger partial charge in [-0.25, -0.2) is 0 Å². The van der Waals surface area contributed by atoms with E-state index in [4.69, 9.17) is 5.73 Å². The van der Waals surface area contributed by atoms with Crippen molar-refractivity contribution in [2.75, 3.05) is 13.2 Å². The number of nitrogens with two attached hydrogens (primary N) is 1. The molecule has 52 valence electrons. The number of carbonyl (C=O) groups is 1. The zero-order valence-corrected chi connectivity index (χ0v) is 5.30. The Balaban J connectivity index is 3.16. The summed E-state index contributed by atoms with van der Waals surface area (Å²) >= 11 is 0. The van der Waals surface area contributed by atoms with E-state index < -0.39 is 0 Å². The Labute approximate surface area is 54.5 Å². The van der Waals surface area contributed by atoms with E-state index >= 15 is 0 Å². The molecule has 0 rings (SSSR count). The highest BCUT2D eigenvalue weighted by molar-refractivity contribution is 5.69. The number of carbonyl (C=O) groups excluding carboxylic acids is 1. The summed E-state index contributed by atoms with van der Waals surface area (Å²) in [5, 5.41) is 0. The molecule has 0 aromatic heterocycles. The lowest BCUT2D eigenvalue weighted by Crippen LogP contribution is -2.10. The van der Waals surface area contributed by atoms with Gasteiger partial charge in [0.1, 0.15) is 6.61 Å². The minimum absolute atomic E-state index is 0.266. The molecule has 3 nitrogen and oxygen atoms in total. The molecule has 3 heteroatoms. The first-order valence-electron chi connectivity index (χ1n) is 2.78. The van der Waals surface area contributed by atoms with Crippen LogP contribution in [0.4, 0.5) is 0 Å². The maximum atomic E-state index is 10.5. The molecule has 0 unspecified atom stereocenters. The molecule has 0 saturated heterocycles. The van der Waals surface area contributed by atoms with Gasteiger partial charge in [-0.05, 0) is 0 Å². The van der Waals surface area contributed by atoms with Gasteiger partial charge in [0.2, 0.25) is 0 Å². The number of esters is 1. The first kappa shape index (κ1) is 8.17. The lowest BCUT2D eigenvalue weighted by atomic mass is 10.4. The van der Waals surface area contributed by atoms with Crippen LogP contribution in [0.3, 0.4) is 0 Å². The third-order valence-corrected chi connectivity index (χ3v) is 0.711. The molecule has 0 aromatic rings. The van der Waals surface area contributed by atoms with E-state index in [1.54, 1.807) is 0 Å². The van der Waals surface area contributed by atoms with Crippen LogP contribution in [-0.4, -0.2) is 19.1 Å². The van der Waals surface area contributed by atoms with Crippen LogP contribution in [0.25, 0.3) is 0 Å². The van der Waals surface area contributed by atoms with E-state index in [1.165, 1.54) is 6.08 Å². The number of hydrogen-bond acceptors (Lipinski definition) is 3. The molecular formula is C6H11NO2. The maximum Gasteiger partial charge on any atom is 0.307 e. The van der Waals surface area contributed by atoms with Crippen LogP contribution in [0.1, 0.15) is 6.42 Å². The highest BCUT2D eigenvalue weighted by atomic mass is 16.5. The summed E-state index contributed by atoms with van der Waals surface area (Å²) in [7, 11) is 0. The van der Waals surface area contributed by atoms with Gasteiger partial charge in [0.05, 0.1) is 6.42 Å². The average Bonchev–Trinajstić information content (AvgIpc) is 1.85. The van der Waals surface area contributed by atoms with Gasteiger partial charge >= 0.3 is 5.97 Å². The Morgan fingerprint density at radius 2 is 2.44 bits per heavy atom. The second kappa shape index (κ2) is 5.31. The molecule has 0 aromatic carbocycles. The molecular weight excluding hydrogens is 118 g/mol. The number of hydrogen-bond donors (Lipinski definition) is 1. The monoisotopic (exact) mass is 129 g/mol. The van der Waals surface area contributed by atoms with Crippen LogP contribution >= 0.6 is 0 Å². The summed E-state index contributed by atoms with van der Waals surface area (Å²) in [6.45, 7) is 4.00. The van der Waals surface area contributed by atoms with Gasteiger partial charge < -0.3 is 10.5 Å². The number of ether oxygens (including phenoxy) is 1. The quantitative estimate of drug-likeness (QED) is 0.431. The van der Waals surface area contributed by atoms with Crippen molar-refractivity contribution in [3.63, 3.8) is 0 Å². The fourth-order valence-corrected chi connectivity index (χ4v) is 0.342. The van der Waals surface area contributed by atoms with Crippen LogP contribution in [-0.2, 0) is 9.53 Å². The molecule has 0 heterocycles. The van der Waals surface area contributed by atoms with Crippen molar-refractivity contribution in [1.82, 2.24) is 0 Å². The van der Waals surface area contributed by atoms with Gasteiger partial charge in [-0.15, -0.1) is 0 Å². The van der Waals surface area contributed by atoms with Crippen molar-refractivity contribution in [1.29, 1.82) is 0 Å². The number of rotatable bonds is 4. The van der Waals surface area contributed by atoms with Crippen molar-refractivity contribution in [2.45, 2.75) is 6.42 Å². The van der Waals surface area contributed by atoms with E-state index in [9.17, 15) is 4.79 Å². The largest absolute Gasteiger partial charge is 0.461 e. The van der Waals surface area contributed by atoms with Gasteiger partial charge in [0, 0.05) is 6.54 Å². The topological polar surface area (TPSA) is 52.3 Å². The fourth-order valence-electron chi connectivity index (χ4n) is 0.342. The molecule has 0 fully saturated rings. The highest BCUT2D eigenvalue weighted by Gasteiger charge is 1.96. The van der Waals surface area contributed by atoms with E-state index in [0.717, 1.165) is 0 Å². The van der Waals surface area contributed by atoms with Crippen molar-refractivity contribution in [2.24, 2.45) is 5.73 Å². The zero-order chi connectivity index (χ0) is 7.11. The van der Waals surface area contributed by atoms with Crippen molar-refractivity contribution >= 4 is 5.97 Å². The SMILES string of the molecule is C=CCOC(=O)CCN. The van der Waals surface area contributed by atoms with Crippen molar-refractivity contribution in [3.8, 4) is 0 Å². The van der Waals surface area contributed by atoms with Gasteiger partial charge in [-0.1, -0.05) is 12.7 Å². The normalized spacial score (nSPS) is 8.56. The third kappa shape index (κ3) is 5.03. The smallest absolute Gasteiger partial charge is 0.307 e. The van der Waals surface area contributed by atoms with Gasteiger partial charge in [0.15, 0.2) is 0 Å². The molecule has 0 aliphatic heterocycles. The Morgan fingerprint density at radius 1 is 1.78 bits per heavy atom. The average molecular weight is 129 g/mol. The Hall–Kier alpha value is -0.830. The highest BCUT2D eigenvalue weighted by Crippen LogP contribution is 1.82. The lowest BCUT2D eigenvalue weighted by Gasteiger charge is -1.97. The first-order chi connectivity index (χ1) is 4.31. The fraction of sp³-hybridized carbons (Fsp3) is 0.500. The maximum absolute atomic E-state index is 10.5. The van der Waals surface area contributed by atoms with E-state index in [-0.39, 0.29) is 19.0 Å². The van der Waals surface area contributed by atoms with Crippen molar-refractivity contribution in [3.05, 3.63) is 12.7 Å². The van der Waals surface area contributed by atoms with E-state index in [0.29, 0.717) is 6.54 Å². The van der Waals surface area contributed by atoms with Crippen LogP contribution < -0.4 is 5.73 Å². The summed E-state index contributed by atoms with van der Waals surface area (Å²) in [6, 6.07) is 0. The predicted octanol–water partition coefficient (Wildman–Crippen LogP) is 0.0644. The molecule has 0 spiro atoms. The zero-order valence-electron chi connectivity index (χ0n) is 5.30. The molecule has 9 heavy (non-hydrogen) atoms. The molecule has 0 saturated carbocycles. The summed E-state index contributed by atoms with van der Waals surface area (Å²) in [5.41, 5.74) is 5.07. The van der Waals surface area contributed by atoms with Crippen LogP contribution in [0.2, 0.25) is 0 Å². The standard InChI is InChI=1S/C6H11NO2/c1-2-5-9-6(8)3-4-7/h2H,1,3-5,7H2. The Bertz CT molecular complexity index is 101. The summed E-state index contributed by atoms with van der Waals surface area (Å²) < 4.78 is 4.59. The van der Waals surface area contributed by atoms with Crippen LogP contribution in [0.15, 0.2) is 12.7 Å². The minimum Gasteiger partial charge on any atom is -0.461 e. The minimum atomic E-state index is -0.266. The molecule has 0 amide bonds. The Morgan fingerprint density at radius 3 is 2.89 bits per heavy atom. The lowest BCUT2D eigenvalue weighted by molar-refractivity contribution is -0.142. The summed E-state index contributed by atoms with van der Waals surface area (Å²) in [6.07, 6.45) is 1.81. The van der Waals surface area contributed by atoms with Crippen molar-refractivity contribution < 1.29 is 9.53 Å². The van der Waals surface area contributed by atoms with Gasteiger partial charge in [-0.2, -0.15) is 0 Å². The second-order valence-corrected chi connectivity index (χ2v) is 1.51. The van der Waals surface area contributed by atoms with Crippen LogP contribution in [0, 0.1) is 0 Å². The van der Waals surface area contributed by atoms with E-state index in [1.807, 2.05) is 0 Å². The third-order valence-electron chi connectivity index (χ3n) is 0.711. The first-order valence-corrected chi connectivity index (χ1v) is 2.78. The molecule has 0 atom stereocenters. The summed E-state index contributed by atoms with van der Waals surface area (Å²) in [4.78, 5) is 10.5. The van der Waals surface area contributed by atoms with Gasteiger partial charge in [-0.3, -0.25) is 4.79 Å². The van der Waals surface area contributed by atoms with E-state index in [2.05, 4.69) is 11.3 Å². The summed E-state index contributed by atoms with van der Waals surface area (Å²) in [5.74, 6) is -0.266. The van der Waals surface area contributed by atoms with Gasteiger partial charge in [0.25, 0.3) is 0 Å². The molecule has 0 aliphatic carbocycles. The molecule has 0 aliphatic rings. The molecule has 2 N–H and O–H groups in total. The molecule has 0 bridgehead atoms. The molecule has 0 radical (unpaired) electrons.